The van der Waals surface area contributed by atoms with Gasteiger partial charge in [0.1, 0.15) is 0 Å². The van der Waals surface area contributed by atoms with Crippen LogP contribution >= 0.6 is 12.4 Å². The molecule has 0 amide bonds. The van der Waals surface area contributed by atoms with E-state index in [1.54, 1.807) is 0 Å². The largest absolute Gasteiger partial charge is 0.339 e. The molecule has 3 aromatic rings. The lowest BCUT2D eigenvalue weighted by atomic mass is 10.2. The van der Waals surface area contributed by atoms with Gasteiger partial charge < -0.3 is 9.84 Å². The van der Waals surface area contributed by atoms with Gasteiger partial charge in [-0.3, -0.25) is 4.90 Å². The molecular formula is C17H22ClN7O. The number of aromatic nitrogens is 5. The molecule has 3 heterocycles. The number of rotatable bonds is 4. The average molecular weight is 376 g/mol. The molecule has 8 nitrogen and oxygen atoms in total. The third kappa shape index (κ3) is 3.62. The molecule has 4 rings (SSSR count). The average Bonchev–Trinajstić information content (AvgIpc) is 3.24. The summed E-state index contributed by atoms with van der Waals surface area (Å²) in [6.45, 7) is 4.79. The Bertz CT molecular complexity index is 848. The molecule has 0 spiro atoms. The molecule has 1 fully saturated rings. The van der Waals surface area contributed by atoms with E-state index >= 15 is 0 Å². The number of likely N-dealkylation sites (N-methyl/N-ethyl adjacent to an activating group) is 1. The first kappa shape index (κ1) is 18.5. The van der Waals surface area contributed by atoms with Gasteiger partial charge in [0, 0.05) is 19.6 Å². The molecule has 0 bridgehead atoms. The molecule has 2 aromatic heterocycles. The molecule has 1 aliphatic heterocycles. The Labute approximate surface area is 158 Å². The first-order valence-electron chi connectivity index (χ1n) is 8.42. The van der Waals surface area contributed by atoms with Gasteiger partial charge in [-0.25, -0.2) is 4.68 Å². The van der Waals surface area contributed by atoms with Gasteiger partial charge in [-0.1, -0.05) is 28.6 Å². The molecule has 26 heavy (non-hydrogen) atoms. The zero-order chi connectivity index (χ0) is 17.2. The highest BCUT2D eigenvalue weighted by Crippen LogP contribution is 2.19. The Kier molecular flexibility index (Phi) is 5.65. The fourth-order valence-corrected chi connectivity index (χ4v) is 3.05. The van der Waals surface area contributed by atoms with E-state index < -0.39 is 0 Å². The lowest BCUT2D eigenvalue weighted by Gasteiger charge is -2.30. The van der Waals surface area contributed by atoms with Crippen molar-refractivity contribution in [3.8, 4) is 5.69 Å². The summed E-state index contributed by atoms with van der Waals surface area (Å²) >= 11 is 0. The van der Waals surface area contributed by atoms with Gasteiger partial charge in [0.25, 0.3) is 0 Å². The zero-order valence-corrected chi connectivity index (χ0v) is 15.6. The smallest absolute Gasteiger partial charge is 0.232 e. The predicted molar refractivity (Wildman–Crippen MR) is 98.7 cm³/mol. The van der Waals surface area contributed by atoms with Crippen molar-refractivity contribution >= 4 is 12.4 Å². The third-order valence-corrected chi connectivity index (χ3v) is 4.60. The van der Waals surface area contributed by atoms with Crippen LogP contribution < -0.4 is 5.32 Å². The van der Waals surface area contributed by atoms with Crippen LogP contribution in [-0.4, -0.2) is 56.7 Å². The zero-order valence-electron chi connectivity index (χ0n) is 14.8. The van der Waals surface area contributed by atoms with Crippen LogP contribution in [0.5, 0.6) is 0 Å². The highest BCUT2D eigenvalue weighted by molar-refractivity contribution is 5.85. The number of benzene rings is 1. The van der Waals surface area contributed by atoms with Crippen molar-refractivity contribution in [1.29, 1.82) is 0 Å². The number of halogens is 1. The maximum atomic E-state index is 5.45. The van der Waals surface area contributed by atoms with Crippen LogP contribution in [0.2, 0.25) is 0 Å². The Morgan fingerprint density at radius 2 is 2.08 bits per heavy atom. The molecule has 9 heteroatoms. The first-order chi connectivity index (χ1) is 12.2. The van der Waals surface area contributed by atoms with Crippen molar-refractivity contribution in [1.82, 2.24) is 35.4 Å². The van der Waals surface area contributed by atoms with E-state index in [0.717, 1.165) is 42.5 Å². The Balaban J connectivity index is 0.00000196. The van der Waals surface area contributed by atoms with E-state index in [4.69, 9.17) is 4.52 Å². The van der Waals surface area contributed by atoms with Crippen LogP contribution in [-0.2, 0) is 6.42 Å². The highest BCUT2D eigenvalue weighted by atomic mass is 35.5. The summed E-state index contributed by atoms with van der Waals surface area (Å²) in [5.74, 6) is 1.29. The second-order valence-corrected chi connectivity index (χ2v) is 6.29. The number of para-hydroxylation sites is 1. The van der Waals surface area contributed by atoms with Crippen LogP contribution in [0.3, 0.4) is 0 Å². The van der Waals surface area contributed by atoms with Gasteiger partial charge in [0.05, 0.1) is 29.5 Å². The molecule has 1 saturated heterocycles. The second-order valence-electron chi connectivity index (χ2n) is 6.29. The van der Waals surface area contributed by atoms with Crippen molar-refractivity contribution in [2.45, 2.75) is 19.4 Å². The van der Waals surface area contributed by atoms with Gasteiger partial charge in [0.15, 0.2) is 5.82 Å². The topological polar surface area (TPSA) is 84.9 Å². The number of nitrogens with one attached hydrogen (secondary N) is 1. The molecular weight excluding hydrogens is 354 g/mol. The first-order valence-corrected chi connectivity index (χ1v) is 8.42. The van der Waals surface area contributed by atoms with Crippen LogP contribution in [0.4, 0.5) is 0 Å². The maximum absolute atomic E-state index is 5.45. The number of hydrogen-bond acceptors (Lipinski definition) is 7. The van der Waals surface area contributed by atoms with Crippen LogP contribution in [0, 0.1) is 6.92 Å². The van der Waals surface area contributed by atoms with E-state index in [0.29, 0.717) is 12.3 Å². The molecule has 1 aromatic carbocycles. The minimum atomic E-state index is 0. The standard InChI is InChI=1S/C17H21N7O.ClH/c1-12-14(20-22-24(12)13-6-4-3-5-7-13)10-16-19-17(21-25-16)15-11-18-8-9-23(15)2;/h3-7,15,18H,8-11H2,1-2H3;1H. The molecule has 1 N–H and O–H groups in total. The van der Waals surface area contributed by atoms with Gasteiger partial charge in [-0.2, -0.15) is 4.98 Å². The molecule has 0 aliphatic carbocycles. The Hall–Kier alpha value is -2.29. The molecule has 0 radical (unpaired) electrons. The van der Waals surface area contributed by atoms with Gasteiger partial charge >= 0.3 is 0 Å². The van der Waals surface area contributed by atoms with Crippen molar-refractivity contribution in [3.05, 3.63) is 53.4 Å². The number of hydrogen-bond donors (Lipinski definition) is 1. The third-order valence-electron chi connectivity index (χ3n) is 4.60. The highest BCUT2D eigenvalue weighted by Gasteiger charge is 2.25. The summed E-state index contributed by atoms with van der Waals surface area (Å²) in [5.41, 5.74) is 2.80. The lowest BCUT2D eigenvalue weighted by molar-refractivity contribution is 0.190. The van der Waals surface area contributed by atoms with Crippen molar-refractivity contribution in [3.63, 3.8) is 0 Å². The van der Waals surface area contributed by atoms with Gasteiger partial charge in [0.2, 0.25) is 5.89 Å². The summed E-state index contributed by atoms with van der Waals surface area (Å²) in [7, 11) is 2.08. The summed E-state index contributed by atoms with van der Waals surface area (Å²) < 4.78 is 7.27. The fourth-order valence-electron chi connectivity index (χ4n) is 3.05. The number of nitrogens with zero attached hydrogens (tertiary/aromatic N) is 6. The van der Waals surface area contributed by atoms with Gasteiger partial charge in [-0.05, 0) is 26.1 Å². The molecule has 0 saturated carbocycles. The minimum absolute atomic E-state index is 0. The van der Waals surface area contributed by atoms with Gasteiger partial charge in [-0.15, -0.1) is 17.5 Å². The summed E-state index contributed by atoms with van der Waals surface area (Å²) in [5, 5.41) is 16.1. The minimum Gasteiger partial charge on any atom is -0.339 e. The van der Waals surface area contributed by atoms with Crippen molar-refractivity contribution < 1.29 is 4.52 Å². The summed E-state index contributed by atoms with van der Waals surface area (Å²) in [6.07, 6.45) is 0.482. The summed E-state index contributed by atoms with van der Waals surface area (Å²) in [6, 6.07) is 10.1. The number of piperazine rings is 1. The van der Waals surface area contributed by atoms with E-state index in [-0.39, 0.29) is 18.4 Å². The lowest BCUT2D eigenvalue weighted by Crippen LogP contribution is -2.44. The Morgan fingerprint density at radius 1 is 1.27 bits per heavy atom. The van der Waals surface area contributed by atoms with Crippen LogP contribution in [0.25, 0.3) is 5.69 Å². The normalized spacial score (nSPS) is 17.8. The fraction of sp³-hybridized carbons (Fsp3) is 0.412. The van der Waals surface area contributed by atoms with Crippen molar-refractivity contribution in [2.75, 3.05) is 26.7 Å². The van der Waals surface area contributed by atoms with E-state index in [1.165, 1.54) is 0 Å². The van der Waals surface area contributed by atoms with Crippen LogP contribution in [0.15, 0.2) is 34.9 Å². The van der Waals surface area contributed by atoms with Crippen molar-refractivity contribution in [2.24, 2.45) is 0 Å². The van der Waals surface area contributed by atoms with E-state index in [2.05, 4.69) is 37.7 Å². The molecule has 138 valence electrons. The van der Waals surface area contributed by atoms with Crippen LogP contribution in [0.1, 0.15) is 29.1 Å². The van der Waals surface area contributed by atoms with E-state index in [1.807, 2.05) is 41.9 Å². The Morgan fingerprint density at radius 3 is 2.85 bits per heavy atom. The molecule has 1 unspecified atom stereocenters. The molecule has 1 aliphatic rings. The molecule has 1 atom stereocenters. The monoisotopic (exact) mass is 375 g/mol. The second kappa shape index (κ2) is 7.94. The summed E-state index contributed by atoms with van der Waals surface area (Å²) in [4.78, 5) is 6.80. The quantitative estimate of drug-likeness (QED) is 0.740. The maximum Gasteiger partial charge on any atom is 0.232 e. The SMILES string of the molecule is Cc1c(Cc2nc(C3CNCCN3C)no2)nnn1-c1ccccc1.Cl. The van der Waals surface area contributed by atoms with E-state index in [9.17, 15) is 0 Å². The predicted octanol–water partition coefficient (Wildman–Crippen LogP) is 1.55.